The molecule has 3 nitrogen and oxygen atoms in total. The minimum Gasteiger partial charge on any atom is -0.461 e. The normalized spacial score (nSPS) is 9.90. The number of thioether (sulfide) groups is 1. The van der Waals surface area contributed by atoms with Crippen molar-refractivity contribution in [3.05, 3.63) is 65.5 Å². The lowest BCUT2D eigenvalue weighted by atomic mass is 10.1. The molecular weight excluding hydrogens is 289 g/mol. The summed E-state index contributed by atoms with van der Waals surface area (Å²) in [6.45, 7) is 0.192. The van der Waals surface area contributed by atoms with E-state index in [-0.39, 0.29) is 12.4 Å². The number of benzene rings is 2. The average Bonchev–Trinajstić information content (AvgIpc) is 2.53. The molecule has 0 spiro atoms. The van der Waals surface area contributed by atoms with Gasteiger partial charge in [0, 0.05) is 10.6 Å². The number of halogens is 1. The van der Waals surface area contributed by atoms with E-state index < -0.39 is 5.97 Å². The van der Waals surface area contributed by atoms with Crippen LogP contribution in [0.3, 0.4) is 0 Å². The minimum atomic E-state index is -0.450. The number of hydrogen-bond acceptors (Lipinski definition) is 4. The molecule has 0 saturated heterocycles. The Bertz CT molecular complexity index is 665. The van der Waals surface area contributed by atoms with Crippen molar-refractivity contribution < 1.29 is 13.9 Å². The number of rotatable bonds is 5. The van der Waals surface area contributed by atoms with Crippen molar-refractivity contribution >= 4 is 17.7 Å². The Balaban J connectivity index is 1.79. The first kappa shape index (κ1) is 15.1. The molecule has 0 aliphatic heterocycles. The van der Waals surface area contributed by atoms with E-state index in [0.29, 0.717) is 21.8 Å². The van der Waals surface area contributed by atoms with Crippen molar-refractivity contribution in [3.8, 4) is 6.07 Å². The van der Waals surface area contributed by atoms with Crippen LogP contribution < -0.4 is 0 Å². The average molecular weight is 301 g/mol. The first-order valence-corrected chi connectivity index (χ1v) is 7.24. The standard InChI is InChI=1S/C16H12FNO2S/c17-14-3-1-2-4-15(14)21-10-9-20-16(19)13-7-5-12(11-18)6-8-13/h1-8H,9-10H2. The maximum atomic E-state index is 13.4. The van der Waals surface area contributed by atoms with Gasteiger partial charge in [0.15, 0.2) is 0 Å². The third-order valence-corrected chi connectivity index (χ3v) is 3.67. The molecule has 2 aromatic rings. The highest BCUT2D eigenvalue weighted by molar-refractivity contribution is 7.99. The van der Waals surface area contributed by atoms with Crippen LogP contribution in [0.1, 0.15) is 15.9 Å². The Morgan fingerprint density at radius 3 is 2.57 bits per heavy atom. The molecule has 0 heterocycles. The molecule has 0 bridgehead atoms. The maximum absolute atomic E-state index is 13.4. The van der Waals surface area contributed by atoms with Crippen LogP contribution in [0.15, 0.2) is 53.4 Å². The molecule has 0 unspecified atom stereocenters. The highest BCUT2D eigenvalue weighted by atomic mass is 32.2. The van der Waals surface area contributed by atoms with Crippen molar-refractivity contribution in [2.24, 2.45) is 0 Å². The third-order valence-electron chi connectivity index (χ3n) is 2.66. The fourth-order valence-electron chi connectivity index (χ4n) is 1.61. The predicted octanol–water partition coefficient (Wildman–Crippen LogP) is 3.65. The fraction of sp³-hybridized carbons (Fsp3) is 0.125. The van der Waals surface area contributed by atoms with Gasteiger partial charge in [-0.25, -0.2) is 9.18 Å². The summed E-state index contributed by atoms with van der Waals surface area (Å²) >= 11 is 1.30. The molecule has 2 rings (SSSR count). The van der Waals surface area contributed by atoms with Gasteiger partial charge in [-0.3, -0.25) is 0 Å². The molecule has 0 atom stereocenters. The largest absolute Gasteiger partial charge is 0.461 e. The molecule has 0 aliphatic carbocycles. The molecule has 0 fully saturated rings. The smallest absolute Gasteiger partial charge is 0.338 e. The molecule has 0 amide bonds. The minimum absolute atomic E-state index is 0.192. The van der Waals surface area contributed by atoms with Crippen LogP contribution >= 0.6 is 11.8 Å². The zero-order valence-electron chi connectivity index (χ0n) is 11.1. The Morgan fingerprint density at radius 2 is 1.90 bits per heavy atom. The molecule has 0 saturated carbocycles. The van der Waals surface area contributed by atoms with Crippen LogP contribution in [-0.4, -0.2) is 18.3 Å². The number of carbonyl (C=O) groups is 1. The van der Waals surface area contributed by atoms with Gasteiger partial charge in [0.2, 0.25) is 0 Å². The molecule has 0 aromatic heterocycles. The summed E-state index contributed by atoms with van der Waals surface area (Å²) in [7, 11) is 0. The van der Waals surface area contributed by atoms with Gasteiger partial charge in [0.1, 0.15) is 12.4 Å². The first-order chi connectivity index (χ1) is 10.2. The fourth-order valence-corrected chi connectivity index (χ4v) is 2.38. The zero-order valence-corrected chi connectivity index (χ0v) is 11.9. The van der Waals surface area contributed by atoms with E-state index in [1.807, 2.05) is 6.07 Å². The van der Waals surface area contributed by atoms with Crippen LogP contribution in [-0.2, 0) is 4.74 Å². The quantitative estimate of drug-likeness (QED) is 0.480. The van der Waals surface area contributed by atoms with Crippen molar-refractivity contribution in [2.45, 2.75) is 4.90 Å². The molecule has 2 aromatic carbocycles. The lowest BCUT2D eigenvalue weighted by Gasteiger charge is -2.05. The Labute approximate surface area is 126 Å². The number of hydrogen-bond donors (Lipinski definition) is 0. The number of nitriles is 1. The summed E-state index contributed by atoms with van der Waals surface area (Å²) in [6, 6.07) is 14.7. The summed E-state index contributed by atoms with van der Waals surface area (Å²) in [6.07, 6.45) is 0. The van der Waals surface area contributed by atoms with Gasteiger partial charge < -0.3 is 4.74 Å². The number of esters is 1. The van der Waals surface area contributed by atoms with Gasteiger partial charge in [0.25, 0.3) is 0 Å². The molecule has 21 heavy (non-hydrogen) atoms. The molecular formula is C16H12FNO2S. The second-order valence-corrected chi connectivity index (χ2v) is 5.24. The zero-order chi connectivity index (χ0) is 15.1. The van der Waals surface area contributed by atoms with Gasteiger partial charge in [-0.2, -0.15) is 5.26 Å². The van der Waals surface area contributed by atoms with Gasteiger partial charge in [-0.1, -0.05) is 12.1 Å². The number of nitrogens with zero attached hydrogens (tertiary/aromatic N) is 1. The van der Waals surface area contributed by atoms with E-state index >= 15 is 0 Å². The third kappa shape index (κ3) is 4.33. The second-order valence-electron chi connectivity index (χ2n) is 4.10. The highest BCUT2D eigenvalue weighted by Gasteiger charge is 2.07. The summed E-state index contributed by atoms with van der Waals surface area (Å²) in [4.78, 5) is 12.3. The van der Waals surface area contributed by atoms with Crippen LogP contribution in [0.25, 0.3) is 0 Å². The topological polar surface area (TPSA) is 50.1 Å². The van der Waals surface area contributed by atoms with Gasteiger partial charge in [-0.05, 0) is 36.4 Å². The maximum Gasteiger partial charge on any atom is 0.338 e. The summed E-state index contributed by atoms with van der Waals surface area (Å²) < 4.78 is 18.5. The van der Waals surface area contributed by atoms with E-state index in [1.54, 1.807) is 42.5 Å². The highest BCUT2D eigenvalue weighted by Crippen LogP contribution is 2.20. The van der Waals surface area contributed by atoms with Crippen molar-refractivity contribution in [1.29, 1.82) is 5.26 Å². The van der Waals surface area contributed by atoms with Crippen molar-refractivity contribution in [2.75, 3.05) is 12.4 Å². The molecule has 0 N–H and O–H groups in total. The van der Waals surface area contributed by atoms with Gasteiger partial charge >= 0.3 is 5.97 Å². The Morgan fingerprint density at radius 1 is 1.19 bits per heavy atom. The van der Waals surface area contributed by atoms with Gasteiger partial charge in [0.05, 0.1) is 17.2 Å². The Kier molecular flexibility index (Phi) is 5.35. The second kappa shape index (κ2) is 7.46. The van der Waals surface area contributed by atoms with Crippen molar-refractivity contribution in [1.82, 2.24) is 0 Å². The lowest BCUT2D eigenvalue weighted by molar-refractivity contribution is 0.0530. The molecule has 0 radical (unpaired) electrons. The summed E-state index contributed by atoms with van der Waals surface area (Å²) in [5.41, 5.74) is 0.881. The Hall–Kier alpha value is -2.32. The molecule has 5 heteroatoms. The number of carbonyl (C=O) groups excluding carboxylic acids is 1. The summed E-state index contributed by atoms with van der Waals surface area (Å²) in [5.74, 6) is -0.252. The van der Waals surface area contributed by atoms with E-state index in [0.717, 1.165) is 0 Å². The first-order valence-electron chi connectivity index (χ1n) is 6.25. The van der Waals surface area contributed by atoms with E-state index in [9.17, 15) is 9.18 Å². The summed E-state index contributed by atoms with van der Waals surface area (Å²) in [5, 5.41) is 8.67. The van der Waals surface area contributed by atoms with E-state index in [4.69, 9.17) is 10.00 Å². The van der Waals surface area contributed by atoms with Crippen LogP contribution in [0.5, 0.6) is 0 Å². The number of ether oxygens (including phenoxy) is 1. The lowest BCUT2D eigenvalue weighted by Crippen LogP contribution is -2.07. The van der Waals surface area contributed by atoms with Gasteiger partial charge in [-0.15, -0.1) is 11.8 Å². The van der Waals surface area contributed by atoms with Crippen LogP contribution in [0.2, 0.25) is 0 Å². The molecule has 0 aliphatic rings. The van der Waals surface area contributed by atoms with Crippen molar-refractivity contribution in [3.63, 3.8) is 0 Å². The monoisotopic (exact) mass is 301 g/mol. The predicted molar refractivity (Wildman–Crippen MR) is 78.6 cm³/mol. The van der Waals surface area contributed by atoms with E-state index in [1.165, 1.54) is 17.8 Å². The SMILES string of the molecule is N#Cc1ccc(C(=O)OCCSc2ccccc2F)cc1. The van der Waals surface area contributed by atoms with E-state index in [2.05, 4.69) is 0 Å². The van der Waals surface area contributed by atoms with Crippen LogP contribution in [0.4, 0.5) is 4.39 Å². The molecule has 106 valence electrons. The van der Waals surface area contributed by atoms with Crippen LogP contribution in [0, 0.1) is 17.1 Å².